The summed E-state index contributed by atoms with van der Waals surface area (Å²) in [6.07, 6.45) is 2.26. The molecule has 0 radical (unpaired) electrons. The highest BCUT2D eigenvalue weighted by molar-refractivity contribution is 5.14. The monoisotopic (exact) mass is 94.0 g/mol. The van der Waals surface area contributed by atoms with Gasteiger partial charge in [0.1, 0.15) is 11.5 Å². The average molecular weight is 94.1 g/mol. The standard InChI is InChI=1S/C6H6O/c1-2-6-4-3-5(1)7-6/h1-2H,3-4H2. The Hall–Kier alpha value is -0.720. The lowest BCUT2D eigenvalue weighted by atomic mass is 10.2. The smallest absolute Gasteiger partial charge is 0.104 e. The van der Waals surface area contributed by atoms with Crippen molar-refractivity contribution in [3.63, 3.8) is 0 Å². The first-order valence-corrected chi connectivity index (χ1v) is 2.53. The summed E-state index contributed by atoms with van der Waals surface area (Å²) in [7, 11) is 0. The second-order valence-corrected chi connectivity index (χ2v) is 1.87. The molecule has 1 aliphatic heterocycles. The molecule has 0 saturated heterocycles. The summed E-state index contributed by atoms with van der Waals surface area (Å²) in [5.41, 5.74) is 0. The van der Waals surface area contributed by atoms with Gasteiger partial charge in [0.2, 0.25) is 0 Å². The zero-order valence-electron chi connectivity index (χ0n) is 3.98. The maximum absolute atomic E-state index is 5.19. The molecule has 2 heterocycles. The predicted octanol–water partition coefficient (Wildman–Crippen LogP) is 1.38. The molecule has 1 aromatic rings. The van der Waals surface area contributed by atoms with Gasteiger partial charge in [0.05, 0.1) is 0 Å². The van der Waals surface area contributed by atoms with Crippen LogP contribution in [-0.4, -0.2) is 0 Å². The van der Waals surface area contributed by atoms with Crippen LogP contribution in [0.2, 0.25) is 0 Å². The predicted molar refractivity (Wildman–Crippen MR) is 26.1 cm³/mol. The van der Waals surface area contributed by atoms with Crippen molar-refractivity contribution in [1.29, 1.82) is 0 Å². The van der Waals surface area contributed by atoms with Gasteiger partial charge in [0, 0.05) is 12.8 Å². The molecular weight excluding hydrogens is 88.1 g/mol. The van der Waals surface area contributed by atoms with Crippen LogP contribution in [0.5, 0.6) is 0 Å². The van der Waals surface area contributed by atoms with E-state index in [1.165, 1.54) is 0 Å². The SMILES string of the molecule is c1cc2oc1CC2. The highest BCUT2D eigenvalue weighted by Gasteiger charge is 2.09. The molecule has 7 heavy (non-hydrogen) atoms. The van der Waals surface area contributed by atoms with E-state index in [1.807, 2.05) is 12.1 Å². The fraction of sp³-hybridized carbons (Fsp3) is 0.333. The molecule has 0 unspecified atom stereocenters. The Morgan fingerprint density at radius 2 is 1.71 bits per heavy atom. The van der Waals surface area contributed by atoms with E-state index in [0.717, 1.165) is 24.4 Å². The summed E-state index contributed by atoms with van der Waals surface area (Å²) < 4.78 is 5.19. The van der Waals surface area contributed by atoms with E-state index in [2.05, 4.69) is 0 Å². The number of aryl methyl sites for hydroxylation is 2. The number of fused-ring (bicyclic) bond motifs is 2. The molecule has 0 fully saturated rings. The molecule has 2 rings (SSSR count). The summed E-state index contributed by atoms with van der Waals surface area (Å²) in [6.45, 7) is 0. The summed E-state index contributed by atoms with van der Waals surface area (Å²) in [6, 6.07) is 4.08. The van der Waals surface area contributed by atoms with Gasteiger partial charge in [0.15, 0.2) is 0 Å². The fourth-order valence-corrected chi connectivity index (χ4v) is 0.937. The van der Waals surface area contributed by atoms with Crippen molar-refractivity contribution in [3.8, 4) is 0 Å². The normalized spacial score (nSPS) is 15.4. The maximum atomic E-state index is 5.19. The van der Waals surface area contributed by atoms with Crippen molar-refractivity contribution in [2.24, 2.45) is 0 Å². The molecule has 0 saturated carbocycles. The first-order chi connectivity index (χ1) is 3.45. The molecule has 0 aromatic carbocycles. The van der Waals surface area contributed by atoms with Crippen LogP contribution in [0.3, 0.4) is 0 Å². The van der Waals surface area contributed by atoms with Crippen LogP contribution in [-0.2, 0) is 12.8 Å². The third-order valence-corrected chi connectivity index (χ3v) is 1.34. The highest BCUT2D eigenvalue weighted by Crippen LogP contribution is 2.18. The van der Waals surface area contributed by atoms with E-state index in [-0.39, 0.29) is 0 Å². The molecule has 0 amide bonds. The van der Waals surface area contributed by atoms with Crippen LogP contribution in [0.15, 0.2) is 16.5 Å². The molecule has 36 valence electrons. The van der Waals surface area contributed by atoms with Crippen LogP contribution in [0.4, 0.5) is 0 Å². The minimum Gasteiger partial charge on any atom is -0.466 e. The Morgan fingerprint density at radius 3 is 1.86 bits per heavy atom. The number of hydrogen-bond donors (Lipinski definition) is 0. The Kier molecular flexibility index (Phi) is 0.432. The van der Waals surface area contributed by atoms with Crippen LogP contribution >= 0.6 is 0 Å². The minimum atomic E-state index is 1.13. The third kappa shape index (κ3) is 0.322. The zero-order chi connectivity index (χ0) is 4.69. The molecular formula is C6H6O. The largest absolute Gasteiger partial charge is 0.466 e. The van der Waals surface area contributed by atoms with Gasteiger partial charge in [-0.2, -0.15) is 0 Å². The fourth-order valence-electron chi connectivity index (χ4n) is 0.937. The van der Waals surface area contributed by atoms with E-state index in [1.54, 1.807) is 0 Å². The van der Waals surface area contributed by atoms with Gasteiger partial charge >= 0.3 is 0 Å². The molecule has 1 aromatic heterocycles. The zero-order valence-corrected chi connectivity index (χ0v) is 3.98. The third-order valence-electron chi connectivity index (χ3n) is 1.34. The number of rotatable bonds is 0. The molecule has 2 bridgehead atoms. The molecule has 1 aliphatic rings. The molecule has 1 nitrogen and oxygen atoms in total. The van der Waals surface area contributed by atoms with Gasteiger partial charge in [-0.3, -0.25) is 0 Å². The lowest BCUT2D eigenvalue weighted by Gasteiger charge is -1.80. The molecule has 1 heteroatoms. The Balaban J connectivity index is 2.71. The average Bonchev–Trinajstić information content (AvgIpc) is 2.22. The van der Waals surface area contributed by atoms with Crippen molar-refractivity contribution < 1.29 is 4.42 Å². The minimum absolute atomic E-state index is 1.13. The van der Waals surface area contributed by atoms with Crippen LogP contribution in [0.25, 0.3) is 0 Å². The summed E-state index contributed by atoms with van der Waals surface area (Å²) in [5, 5.41) is 0. The number of furan rings is 1. The number of hydrogen-bond acceptors (Lipinski definition) is 1. The summed E-state index contributed by atoms with van der Waals surface area (Å²) in [5.74, 6) is 2.30. The molecule has 0 aliphatic carbocycles. The van der Waals surface area contributed by atoms with Gasteiger partial charge < -0.3 is 4.42 Å². The Labute approximate surface area is 41.9 Å². The Bertz CT molecular complexity index is 158. The Morgan fingerprint density at radius 1 is 1.14 bits per heavy atom. The first-order valence-electron chi connectivity index (χ1n) is 2.53. The van der Waals surface area contributed by atoms with Crippen LogP contribution in [0.1, 0.15) is 11.5 Å². The topological polar surface area (TPSA) is 13.1 Å². The van der Waals surface area contributed by atoms with E-state index in [0.29, 0.717) is 0 Å². The van der Waals surface area contributed by atoms with Gasteiger partial charge in [-0.25, -0.2) is 0 Å². The van der Waals surface area contributed by atoms with Gasteiger partial charge in [-0.05, 0) is 12.1 Å². The van der Waals surface area contributed by atoms with Crippen molar-refractivity contribution in [1.82, 2.24) is 0 Å². The molecule has 0 atom stereocenters. The van der Waals surface area contributed by atoms with E-state index >= 15 is 0 Å². The second-order valence-electron chi connectivity index (χ2n) is 1.87. The lowest BCUT2D eigenvalue weighted by molar-refractivity contribution is 0.537. The van der Waals surface area contributed by atoms with E-state index in [9.17, 15) is 0 Å². The molecule has 0 N–H and O–H groups in total. The maximum Gasteiger partial charge on any atom is 0.104 e. The highest BCUT2D eigenvalue weighted by atomic mass is 16.3. The quantitative estimate of drug-likeness (QED) is 0.473. The van der Waals surface area contributed by atoms with Crippen molar-refractivity contribution in [3.05, 3.63) is 23.7 Å². The summed E-state index contributed by atoms with van der Waals surface area (Å²) in [4.78, 5) is 0. The molecule has 0 spiro atoms. The second kappa shape index (κ2) is 0.915. The van der Waals surface area contributed by atoms with Crippen LogP contribution < -0.4 is 0 Å². The first kappa shape index (κ1) is 3.30. The van der Waals surface area contributed by atoms with Gasteiger partial charge in [0.25, 0.3) is 0 Å². The van der Waals surface area contributed by atoms with E-state index < -0.39 is 0 Å². The summed E-state index contributed by atoms with van der Waals surface area (Å²) >= 11 is 0. The van der Waals surface area contributed by atoms with E-state index in [4.69, 9.17) is 4.42 Å². The van der Waals surface area contributed by atoms with Gasteiger partial charge in [-0.15, -0.1) is 0 Å². The van der Waals surface area contributed by atoms with Crippen molar-refractivity contribution in [2.45, 2.75) is 12.8 Å². The lowest BCUT2D eigenvalue weighted by Crippen LogP contribution is -1.79. The van der Waals surface area contributed by atoms with Crippen LogP contribution in [0, 0.1) is 0 Å². The van der Waals surface area contributed by atoms with Gasteiger partial charge in [-0.1, -0.05) is 0 Å². The van der Waals surface area contributed by atoms with Crippen molar-refractivity contribution >= 4 is 0 Å². The van der Waals surface area contributed by atoms with Crippen molar-refractivity contribution in [2.75, 3.05) is 0 Å².